The van der Waals surface area contributed by atoms with Gasteiger partial charge in [0.15, 0.2) is 0 Å². The zero-order valence-corrected chi connectivity index (χ0v) is 13.8. The summed E-state index contributed by atoms with van der Waals surface area (Å²) in [6.45, 7) is 5.01. The Bertz CT molecular complexity index is 827. The molecule has 0 bridgehead atoms. The summed E-state index contributed by atoms with van der Waals surface area (Å²) < 4.78 is 0. The second kappa shape index (κ2) is 5.87. The van der Waals surface area contributed by atoms with Crippen LogP contribution in [0.1, 0.15) is 34.8 Å². The molecule has 2 aromatic carbocycles. The Balaban J connectivity index is 1.90. The SMILES string of the molecule is CCCN1CCc2c(-c3ccccc3)cc3c(c2C1)NC(=O)C3=O. The number of rotatable bonds is 3. The van der Waals surface area contributed by atoms with E-state index in [2.05, 4.69) is 29.3 Å². The first-order valence-electron chi connectivity index (χ1n) is 8.51. The molecule has 4 nitrogen and oxygen atoms in total. The number of fused-ring (bicyclic) bond motifs is 3. The van der Waals surface area contributed by atoms with Crippen molar-refractivity contribution in [3.8, 4) is 11.1 Å². The molecule has 1 N–H and O–H groups in total. The van der Waals surface area contributed by atoms with Gasteiger partial charge in [-0.3, -0.25) is 14.5 Å². The lowest BCUT2D eigenvalue weighted by molar-refractivity contribution is -0.112. The van der Waals surface area contributed by atoms with Crippen molar-refractivity contribution in [3.63, 3.8) is 0 Å². The third-order valence-electron chi connectivity index (χ3n) is 4.92. The van der Waals surface area contributed by atoms with Gasteiger partial charge in [0.25, 0.3) is 11.7 Å². The Morgan fingerprint density at radius 2 is 1.88 bits per heavy atom. The normalized spacial score (nSPS) is 16.7. The quantitative estimate of drug-likeness (QED) is 0.883. The second-order valence-corrected chi connectivity index (χ2v) is 6.48. The van der Waals surface area contributed by atoms with Crippen molar-refractivity contribution in [2.45, 2.75) is 26.3 Å². The molecule has 4 rings (SSSR count). The van der Waals surface area contributed by atoms with Gasteiger partial charge in [-0.05, 0) is 47.7 Å². The molecule has 0 unspecified atom stereocenters. The van der Waals surface area contributed by atoms with E-state index in [1.165, 1.54) is 5.56 Å². The highest BCUT2D eigenvalue weighted by Gasteiger charge is 2.34. The van der Waals surface area contributed by atoms with E-state index in [0.29, 0.717) is 5.56 Å². The van der Waals surface area contributed by atoms with E-state index in [1.54, 1.807) is 0 Å². The Morgan fingerprint density at radius 3 is 2.62 bits per heavy atom. The number of nitrogens with one attached hydrogen (secondary N) is 1. The number of benzene rings is 2. The molecule has 122 valence electrons. The smallest absolute Gasteiger partial charge is 0.296 e. The first-order valence-corrected chi connectivity index (χ1v) is 8.51. The van der Waals surface area contributed by atoms with Gasteiger partial charge >= 0.3 is 0 Å². The van der Waals surface area contributed by atoms with E-state index in [4.69, 9.17) is 0 Å². The minimum absolute atomic E-state index is 0.419. The van der Waals surface area contributed by atoms with E-state index >= 15 is 0 Å². The highest BCUT2D eigenvalue weighted by atomic mass is 16.2. The summed E-state index contributed by atoms with van der Waals surface area (Å²) in [6, 6.07) is 12.0. The average molecular weight is 320 g/mol. The topological polar surface area (TPSA) is 49.4 Å². The van der Waals surface area contributed by atoms with Gasteiger partial charge in [-0.25, -0.2) is 0 Å². The minimum Gasteiger partial charge on any atom is -0.318 e. The van der Waals surface area contributed by atoms with E-state index < -0.39 is 11.7 Å². The van der Waals surface area contributed by atoms with E-state index in [1.807, 2.05) is 24.3 Å². The molecule has 4 heteroatoms. The number of carbonyl (C=O) groups excluding carboxylic acids is 2. The van der Waals surface area contributed by atoms with E-state index in [0.717, 1.165) is 54.9 Å². The van der Waals surface area contributed by atoms with Crippen molar-refractivity contribution >= 4 is 17.4 Å². The van der Waals surface area contributed by atoms with Gasteiger partial charge < -0.3 is 5.32 Å². The third kappa shape index (κ3) is 2.34. The summed E-state index contributed by atoms with van der Waals surface area (Å²) in [5.41, 5.74) is 5.84. The molecule has 0 atom stereocenters. The molecule has 0 fully saturated rings. The van der Waals surface area contributed by atoms with Crippen molar-refractivity contribution in [3.05, 3.63) is 53.1 Å². The molecule has 0 saturated heterocycles. The molecule has 24 heavy (non-hydrogen) atoms. The van der Waals surface area contributed by atoms with Crippen LogP contribution >= 0.6 is 0 Å². The number of carbonyl (C=O) groups is 2. The first kappa shape index (κ1) is 15.1. The Labute approximate surface area is 141 Å². The number of anilines is 1. The number of amides is 1. The van der Waals surface area contributed by atoms with Crippen molar-refractivity contribution in [2.24, 2.45) is 0 Å². The first-order chi connectivity index (χ1) is 11.7. The molecule has 0 spiro atoms. The maximum Gasteiger partial charge on any atom is 0.296 e. The molecular weight excluding hydrogens is 300 g/mol. The predicted octanol–water partition coefficient (Wildman–Crippen LogP) is 3.26. The van der Waals surface area contributed by atoms with Gasteiger partial charge in [0.1, 0.15) is 0 Å². The summed E-state index contributed by atoms with van der Waals surface area (Å²) in [5.74, 6) is -0.928. The zero-order valence-electron chi connectivity index (χ0n) is 13.8. The largest absolute Gasteiger partial charge is 0.318 e. The number of ketones is 1. The van der Waals surface area contributed by atoms with Crippen LogP contribution in [0.3, 0.4) is 0 Å². The number of nitrogens with zero attached hydrogens (tertiary/aromatic N) is 1. The van der Waals surface area contributed by atoms with Crippen LogP contribution in [0, 0.1) is 0 Å². The highest BCUT2D eigenvalue weighted by Crippen LogP contribution is 2.39. The predicted molar refractivity (Wildman–Crippen MR) is 94.1 cm³/mol. The maximum atomic E-state index is 12.2. The summed E-state index contributed by atoms with van der Waals surface area (Å²) in [5, 5.41) is 2.80. The lowest BCUT2D eigenvalue weighted by atomic mass is 9.87. The molecule has 0 radical (unpaired) electrons. The van der Waals surface area contributed by atoms with Gasteiger partial charge in [-0.1, -0.05) is 37.3 Å². The van der Waals surface area contributed by atoms with Crippen LogP contribution in [0.4, 0.5) is 5.69 Å². The third-order valence-corrected chi connectivity index (χ3v) is 4.92. The lowest BCUT2D eigenvalue weighted by Gasteiger charge is -2.31. The van der Waals surface area contributed by atoms with Crippen LogP contribution < -0.4 is 5.32 Å². The standard InChI is InChI=1S/C20H20N2O2/c1-2-9-22-10-8-14-15(13-6-4-3-5-7-13)11-16-18(17(14)12-22)21-20(24)19(16)23/h3-7,11H,2,8-10,12H2,1H3,(H,21,23,24). The van der Waals surface area contributed by atoms with Gasteiger partial charge in [0.05, 0.1) is 11.3 Å². The highest BCUT2D eigenvalue weighted by molar-refractivity contribution is 6.52. The summed E-state index contributed by atoms with van der Waals surface area (Å²) in [6.07, 6.45) is 2.04. The molecule has 2 aliphatic heterocycles. The molecule has 2 aromatic rings. The van der Waals surface area contributed by atoms with Crippen molar-refractivity contribution in [2.75, 3.05) is 18.4 Å². The maximum absolute atomic E-state index is 12.2. The van der Waals surface area contributed by atoms with E-state index in [9.17, 15) is 9.59 Å². The minimum atomic E-state index is -0.509. The summed E-state index contributed by atoms with van der Waals surface area (Å²) in [4.78, 5) is 26.5. The Kier molecular flexibility index (Phi) is 3.69. The van der Waals surface area contributed by atoms with Gasteiger partial charge in [0.2, 0.25) is 0 Å². The zero-order chi connectivity index (χ0) is 16.7. The van der Waals surface area contributed by atoms with Crippen molar-refractivity contribution < 1.29 is 9.59 Å². The van der Waals surface area contributed by atoms with E-state index in [-0.39, 0.29) is 0 Å². The van der Waals surface area contributed by atoms with Gasteiger partial charge in [-0.2, -0.15) is 0 Å². The Morgan fingerprint density at radius 1 is 1.08 bits per heavy atom. The number of Topliss-reactive ketones (excluding diaryl/α,β-unsaturated/α-hetero) is 1. The molecule has 0 aliphatic carbocycles. The molecule has 0 saturated carbocycles. The Hall–Kier alpha value is -2.46. The molecular formula is C20H20N2O2. The van der Waals surface area contributed by atoms with Crippen LogP contribution in [0.5, 0.6) is 0 Å². The lowest BCUT2D eigenvalue weighted by Crippen LogP contribution is -2.32. The molecule has 0 aromatic heterocycles. The van der Waals surface area contributed by atoms with Crippen molar-refractivity contribution in [1.82, 2.24) is 4.90 Å². The second-order valence-electron chi connectivity index (χ2n) is 6.48. The average Bonchev–Trinajstić information content (AvgIpc) is 2.90. The molecule has 1 amide bonds. The van der Waals surface area contributed by atoms with Crippen LogP contribution in [-0.4, -0.2) is 29.7 Å². The number of hydrogen-bond acceptors (Lipinski definition) is 3. The fraction of sp³-hybridized carbons (Fsp3) is 0.300. The fourth-order valence-corrected chi connectivity index (χ4v) is 3.81. The van der Waals surface area contributed by atoms with Crippen LogP contribution in [0.25, 0.3) is 11.1 Å². The van der Waals surface area contributed by atoms with Gasteiger partial charge in [-0.15, -0.1) is 0 Å². The molecule has 2 aliphatic rings. The summed E-state index contributed by atoms with van der Waals surface area (Å²) >= 11 is 0. The van der Waals surface area contributed by atoms with Crippen molar-refractivity contribution in [1.29, 1.82) is 0 Å². The summed E-state index contributed by atoms with van der Waals surface area (Å²) in [7, 11) is 0. The number of hydrogen-bond donors (Lipinski definition) is 1. The monoisotopic (exact) mass is 320 g/mol. The van der Waals surface area contributed by atoms with Crippen LogP contribution in [0.15, 0.2) is 36.4 Å². The van der Waals surface area contributed by atoms with Crippen LogP contribution in [-0.2, 0) is 17.8 Å². The van der Waals surface area contributed by atoms with Gasteiger partial charge in [0, 0.05) is 13.1 Å². The fourth-order valence-electron chi connectivity index (χ4n) is 3.81. The molecule has 2 heterocycles. The van der Waals surface area contributed by atoms with Crippen LogP contribution in [0.2, 0.25) is 0 Å².